The van der Waals surface area contributed by atoms with Crippen LogP contribution in [-0.4, -0.2) is 65.1 Å². The van der Waals surface area contributed by atoms with Crippen molar-refractivity contribution >= 4 is 27.4 Å². The van der Waals surface area contributed by atoms with Crippen LogP contribution in [0.5, 0.6) is 5.75 Å². The zero-order valence-corrected chi connectivity index (χ0v) is 16.6. The Morgan fingerprint density at radius 2 is 1.70 bits per heavy atom. The van der Waals surface area contributed by atoms with Crippen molar-refractivity contribution in [1.82, 2.24) is 9.29 Å². The van der Waals surface area contributed by atoms with Gasteiger partial charge in [-0.05, 0) is 24.3 Å². The maximum Gasteiger partial charge on any atom is 0.301 e. The van der Waals surface area contributed by atoms with Gasteiger partial charge in [0.05, 0.1) is 24.7 Å². The number of nitrogens with zero attached hydrogens (tertiary/aromatic N) is 4. The van der Waals surface area contributed by atoms with Crippen molar-refractivity contribution in [1.29, 1.82) is 0 Å². The van der Waals surface area contributed by atoms with Crippen molar-refractivity contribution in [2.45, 2.75) is 0 Å². The zero-order chi connectivity index (χ0) is 19.4. The SMILES string of the molecule is COc1ccccc1N1CCN(c2ccc(NS(=O)(=O)N(C)C)cn2)CC1. The van der Waals surface area contributed by atoms with Gasteiger partial charge in [-0.1, -0.05) is 12.1 Å². The number of methoxy groups -OCH3 is 1. The summed E-state index contributed by atoms with van der Waals surface area (Å²) in [6, 6.07) is 11.6. The van der Waals surface area contributed by atoms with E-state index in [0.717, 1.165) is 47.7 Å². The van der Waals surface area contributed by atoms with E-state index in [1.54, 1.807) is 19.4 Å². The Labute approximate surface area is 160 Å². The summed E-state index contributed by atoms with van der Waals surface area (Å²) in [4.78, 5) is 8.91. The molecular formula is C18H25N5O3S. The van der Waals surface area contributed by atoms with E-state index in [1.165, 1.54) is 14.1 Å². The first-order chi connectivity index (χ1) is 12.9. The highest BCUT2D eigenvalue weighted by molar-refractivity contribution is 7.90. The monoisotopic (exact) mass is 391 g/mol. The number of pyridine rings is 1. The van der Waals surface area contributed by atoms with Crippen LogP contribution >= 0.6 is 0 Å². The van der Waals surface area contributed by atoms with Gasteiger partial charge in [0.15, 0.2) is 0 Å². The Balaban J connectivity index is 1.63. The molecule has 1 aromatic heterocycles. The molecule has 0 unspecified atom stereocenters. The first kappa shape index (κ1) is 19.2. The van der Waals surface area contributed by atoms with Crippen LogP contribution in [0, 0.1) is 0 Å². The third-order valence-electron chi connectivity index (χ3n) is 4.50. The normalized spacial score (nSPS) is 15.1. The molecule has 1 fully saturated rings. The van der Waals surface area contributed by atoms with Crippen LogP contribution in [0.1, 0.15) is 0 Å². The zero-order valence-electron chi connectivity index (χ0n) is 15.8. The van der Waals surface area contributed by atoms with Crippen molar-refractivity contribution in [3.63, 3.8) is 0 Å². The summed E-state index contributed by atoms with van der Waals surface area (Å²) in [7, 11) is 1.12. The van der Waals surface area contributed by atoms with Crippen LogP contribution in [0.3, 0.4) is 0 Å². The van der Waals surface area contributed by atoms with E-state index in [4.69, 9.17) is 4.74 Å². The summed E-state index contributed by atoms with van der Waals surface area (Å²) in [5, 5.41) is 0. The molecule has 1 aromatic carbocycles. The molecule has 3 rings (SSSR count). The molecule has 2 aromatic rings. The van der Waals surface area contributed by atoms with Crippen molar-refractivity contribution in [3.05, 3.63) is 42.6 Å². The number of benzene rings is 1. The van der Waals surface area contributed by atoms with Gasteiger partial charge >= 0.3 is 10.2 Å². The van der Waals surface area contributed by atoms with Crippen LogP contribution in [0.25, 0.3) is 0 Å². The van der Waals surface area contributed by atoms with E-state index in [0.29, 0.717) is 5.69 Å². The minimum atomic E-state index is -3.52. The Hall–Kier alpha value is -2.52. The molecule has 0 amide bonds. The molecule has 0 aliphatic carbocycles. The van der Waals surface area contributed by atoms with Gasteiger partial charge in [-0.3, -0.25) is 4.72 Å². The highest BCUT2D eigenvalue weighted by Gasteiger charge is 2.20. The first-order valence-corrected chi connectivity index (χ1v) is 10.1. The number of hydrogen-bond donors (Lipinski definition) is 1. The molecule has 0 bridgehead atoms. The van der Waals surface area contributed by atoms with E-state index < -0.39 is 10.2 Å². The third kappa shape index (κ3) is 4.42. The lowest BCUT2D eigenvalue weighted by atomic mass is 10.2. The molecule has 9 heteroatoms. The predicted octanol–water partition coefficient (Wildman–Crippen LogP) is 1.64. The largest absolute Gasteiger partial charge is 0.495 e. The summed E-state index contributed by atoms with van der Waals surface area (Å²) in [6.45, 7) is 3.37. The molecule has 1 N–H and O–H groups in total. The molecule has 146 valence electrons. The minimum absolute atomic E-state index is 0.445. The lowest BCUT2D eigenvalue weighted by Crippen LogP contribution is -2.46. The molecule has 0 saturated carbocycles. The van der Waals surface area contributed by atoms with Gasteiger partial charge in [0.25, 0.3) is 0 Å². The summed E-state index contributed by atoms with van der Waals surface area (Å²) < 4.78 is 32.8. The third-order valence-corrected chi connectivity index (χ3v) is 5.96. The second-order valence-corrected chi connectivity index (χ2v) is 8.33. The molecule has 1 aliphatic heterocycles. The van der Waals surface area contributed by atoms with Gasteiger partial charge < -0.3 is 14.5 Å². The molecular weight excluding hydrogens is 366 g/mol. The van der Waals surface area contributed by atoms with Crippen LogP contribution < -0.4 is 19.3 Å². The number of ether oxygens (including phenoxy) is 1. The summed E-state index contributed by atoms with van der Waals surface area (Å²) in [5.41, 5.74) is 1.54. The topological polar surface area (TPSA) is 78.0 Å². The van der Waals surface area contributed by atoms with Crippen molar-refractivity contribution in [3.8, 4) is 5.75 Å². The van der Waals surface area contributed by atoms with Gasteiger partial charge in [-0.15, -0.1) is 0 Å². The number of anilines is 3. The Bertz CT molecular complexity index is 863. The maximum atomic E-state index is 11.9. The number of nitrogens with one attached hydrogen (secondary N) is 1. The molecule has 2 heterocycles. The van der Waals surface area contributed by atoms with Crippen LogP contribution in [0.4, 0.5) is 17.2 Å². The average Bonchev–Trinajstić information content (AvgIpc) is 2.68. The van der Waals surface area contributed by atoms with Crippen molar-refractivity contribution < 1.29 is 13.2 Å². The van der Waals surface area contributed by atoms with E-state index in [9.17, 15) is 8.42 Å². The standard InChI is InChI=1S/C18H25N5O3S/c1-21(2)27(24,25)20-15-8-9-18(19-14-15)23-12-10-22(11-13-23)16-6-4-5-7-17(16)26-3/h4-9,14,20H,10-13H2,1-3H3. The van der Waals surface area contributed by atoms with Gasteiger partial charge in [0, 0.05) is 40.3 Å². The first-order valence-electron chi connectivity index (χ1n) is 8.70. The fourth-order valence-electron chi connectivity index (χ4n) is 2.94. The Morgan fingerprint density at radius 3 is 2.30 bits per heavy atom. The smallest absolute Gasteiger partial charge is 0.301 e. The fourth-order valence-corrected chi connectivity index (χ4v) is 3.54. The van der Waals surface area contributed by atoms with Gasteiger partial charge in [0.2, 0.25) is 0 Å². The average molecular weight is 391 g/mol. The summed E-state index contributed by atoms with van der Waals surface area (Å²) in [5.74, 6) is 1.71. The second kappa shape index (κ2) is 8.01. The quantitative estimate of drug-likeness (QED) is 0.807. The highest BCUT2D eigenvalue weighted by Crippen LogP contribution is 2.29. The molecule has 0 radical (unpaired) electrons. The maximum absolute atomic E-state index is 11.9. The fraction of sp³-hybridized carbons (Fsp3) is 0.389. The number of rotatable bonds is 6. The second-order valence-electron chi connectivity index (χ2n) is 6.44. The summed E-state index contributed by atoms with van der Waals surface area (Å²) in [6.07, 6.45) is 1.54. The molecule has 0 atom stereocenters. The van der Waals surface area contributed by atoms with E-state index in [2.05, 4.69) is 25.6 Å². The van der Waals surface area contributed by atoms with Crippen LogP contribution in [-0.2, 0) is 10.2 Å². The van der Waals surface area contributed by atoms with Gasteiger partial charge in [0.1, 0.15) is 11.6 Å². The minimum Gasteiger partial charge on any atom is -0.495 e. The Morgan fingerprint density at radius 1 is 1.04 bits per heavy atom. The van der Waals surface area contributed by atoms with E-state index >= 15 is 0 Å². The van der Waals surface area contributed by atoms with E-state index in [-0.39, 0.29) is 0 Å². The Kier molecular flexibility index (Phi) is 5.71. The predicted molar refractivity (Wildman–Crippen MR) is 108 cm³/mol. The van der Waals surface area contributed by atoms with Crippen LogP contribution in [0.2, 0.25) is 0 Å². The van der Waals surface area contributed by atoms with Gasteiger partial charge in [-0.2, -0.15) is 12.7 Å². The molecule has 27 heavy (non-hydrogen) atoms. The molecule has 0 spiro atoms. The number of hydrogen-bond acceptors (Lipinski definition) is 6. The number of piperazine rings is 1. The van der Waals surface area contributed by atoms with Gasteiger partial charge in [-0.25, -0.2) is 4.98 Å². The summed E-state index contributed by atoms with van der Waals surface area (Å²) >= 11 is 0. The lowest BCUT2D eigenvalue weighted by Gasteiger charge is -2.37. The highest BCUT2D eigenvalue weighted by atomic mass is 32.2. The van der Waals surface area contributed by atoms with E-state index in [1.807, 2.05) is 24.3 Å². The molecule has 1 aliphatic rings. The molecule has 8 nitrogen and oxygen atoms in total. The van der Waals surface area contributed by atoms with Crippen molar-refractivity contribution in [2.75, 3.05) is 61.9 Å². The number of para-hydroxylation sites is 2. The molecule has 1 saturated heterocycles. The van der Waals surface area contributed by atoms with Crippen molar-refractivity contribution in [2.24, 2.45) is 0 Å². The number of aromatic nitrogens is 1. The lowest BCUT2D eigenvalue weighted by molar-refractivity contribution is 0.413. The van der Waals surface area contributed by atoms with Crippen LogP contribution in [0.15, 0.2) is 42.6 Å².